The van der Waals surface area contributed by atoms with Crippen LogP contribution >= 0.6 is 0 Å². The van der Waals surface area contributed by atoms with Crippen molar-refractivity contribution in [1.82, 2.24) is 0 Å². The summed E-state index contributed by atoms with van der Waals surface area (Å²) in [6.45, 7) is 1.65. The summed E-state index contributed by atoms with van der Waals surface area (Å²) in [6, 6.07) is 3.42. The van der Waals surface area contributed by atoms with E-state index >= 15 is 0 Å². The van der Waals surface area contributed by atoms with E-state index in [0.717, 1.165) is 0 Å². The minimum atomic E-state index is 0.396. The Morgan fingerprint density at radius 2 is 2.00 bits per heavy atom. The second kappa shape index (κ2) is 4.54. The van der Waals surface area contributed by atoms with Crippen molar-refractivity contribution in [2.75, 3.05) is 20.0 Å². The lowest BCUT2D eigenvalue weighted by atomic mass is 10.1. The first-order valence-corrected chi connectivity index (χ1v) is 4.35. The molecule has 0 aliphatic rings. The maximum absolute atomic E-state index is 8.66. The molecule has 0 atom stereocenters. The van der Waals surface area contributed by atoms with Crippen molar-refractivity contribution in [3.8, 4) is 11.5 Å². The molecule has 1 aromatic rings. The molecule has 0 radical (unpaired) electrons. The molecule has 0 amide bonds. The number of ether oxygens (including phenoxy) is 2. The van der Waals surface area contributed by atoms with E-state index in [1.807, 2.05) is 0 Å². The summed E-state index contributed by atoms with van der Waals surface area (Å²) >= 11 is 0. The van der Waals surface area contributed by atoms with Crippen molar-refractivity contribution >= 4 is 11.4 Å². The summed E-state index contributed by atoms with van der Waals surface area (Å²) in [4.78, 5) is 0. The third-order valence-corrected chi connectivity index (χ3v) is 2.12. The molecule has 0 bridgehead atoms. The lowest BCUT2D eigenvalue weighted by molar-refractivity contribution is 0.319. The molecule has 5 heteroatoms. The van der Waals surface area contributed by atoms with E-state index in [1.54, 1.807) is 19.1 Å². The van der Waals surface area contributed by atoms with Crippen LogP contribution in [-0.4, -0.2) is 25.1 Å². The van der Waals surface area contributed by atoms with Crippen molar-refractivity contribution in [3.63, 3.8) is 0 Å². The quantitative estimate of drug-likeness (QED) is 0.343. The average Bonchev–Trinajstić information content (AvgIpc) is 2.27. The van der Waals surface area contributed by atoms with Crippen LogP contribution in [0.4, 0.5) is 5.69 Å². The van der Waals surface area contributed by atoms with Gasteiger partial charge in [-0.15, -0.1) is 0 Å². The van der Waals surface area contributed by atoms with Gasteiger partial charge in [-0.2, -0.15) is 0 Å². The van der Waals surface area contributed by atoms with Crippen LogP contribution in [0.15, 0.2) is 17.3 Å². The van der Waals surface area contributed by atoms with E-state index in [2.05, 4.69) is 5.16 Å². The molecule has 5 nitrogen and oxygen atoms in total. The monoisotopic (exact) mass is 210 g/mol. The Balaban J connectivity index is 3.35. The van der Waals surface area contributed by atoms with Gasteiger partial charge in [0, 0.05) is 5.56 Å². The van der Waals surface area contributed by atoms with Crippen LogP contribution in [-0.2, 0) is 0 Å². The number of oxime groups is 1. The SMILES string of the molecule is COc1ccc(/C(C)=N/O)c(N)c1OC. The predicted molar refractivity (Wildman–Crippen MR) is 58.0 cm³/mol. The van der Waals surface area contributed by atoms with Gasteiger partial charge >= 0.3 is 0 Å². The number of nitrogens with two attached hydrogens (primary N) is 1. The molecule has 0 aliphatic carbocycles. The van der Waals surface area contributed by atoms with Crippen LogP contribution in [0, 0.1) is 0 Å². The molecule has 15 heavy (non-hydrogen) atoms. The third kappa shape index (κ3) is 1.96. The molecular weight excluding hydrogens is 196 g/mol. The molecule has 0 unspecified atom stereocenters. The van der Waals surface area contributed by atoms with Crippen LogP contribution in [0.1, 0.15) is 12.5 Å². The molecule has 0 saturated carbocycles. The van der Waals surface area contributed by atoms with E-state index in [9.17, 15) is 0 Å². The zero-order valence-electron chi connectivity index (χ0n) is 8.94. The van der Waals surface area contributed by atoms with Crippen molar-refractivity contribution in [3.05, 3.63) is 17.7 Å². The molecule has 3 N–H and O–H groups in total. The van der Waals surface area contributed by atoms with E-state index < -0.39 is 0 Å². The summed E-state index contributed by atoms with van der Waals surface area (Å²) in [5.41, 5.74) is 7.29. The van der Waals surface area contributed by atoms with Gasteiger partial charge in [0.1, 0.15) is 0 Å². The Morgan fingerprint density at radius 1 is 1.33 bits per heavy atom. The van der Waals surface area contributed by atoms with Gasteiger partial charge in [-0.25, -0.2) is 0 Å². The van der Waals surface area contributed by atoms with Gasteiger partial charge in [-0.3, -0.25) is 0 Å². The van der Waals surface area contributed by atoms with Gasteiger partial charge in [-0.1, -0.05) is 5.16 Å². The maximum Gasteiger partial charge on any atom is 0.184 e. The number of benzene rings is 1. The molecule has 0 aromatic heterocycles. The van der Waals surface area contributed by atoms with Gasteiger partial charge in [0.05, 0.1) is 25.6 Å². The fourth-order valence-corrected chi connectivity index (χ4v) is 1.32. The lowest BCUT2D eigenvalue weighted by Crippen LogP contribution is -2.04. The van der Waals surface area contributed by atoms with Crippen molar-refractivity contribution < 1.29 is 14.7 Å². The first-order valence-electron chi connectivity index (χ1n) is 4.35. The summed E-state index contributed by atoms with van der Waals surface area (Å²) in [7, 11) is 3.04. The van der Waals surface area contributed by atoms with Gasteiger partial charge in [0.25, 0.3) is 0 Å². The fraction of sp³-hybridized carbons (Fsp3) is 0.300. The second-order valence-corrected chi connectivity index (χ2v) is 2.95. The number of anilines is 1. The first-order chi connectivity index (χ1) is 7.15. The zero-order valence-corrected chi connectivity index (χ0v) is 8.94. The van der Waals surface area contributed by atoms with Gasteiger partial charge < -0.3 is 20.4 Å². The van der Waals surface area contributed by atoms with E-state index in [1.165, 1.54) is 14.2 Å². The molecule has 1 aromatic carbocycles. The van der Waals surface area contributed by atoms with Crippen LogP contribution < -0.4 is 15.2 Å². The number of nitrogen functional groups attached to an aromatic ring is 1. The number of methoxy groups -OCH3 is 2. The Labute approximate surface area is 88.1 Å². The zero-order chi connectivity index (χ0) is 11.4. The lowest BCUT2D eigenvalue weighted by Gasteiger charge is -2.12. The highest BCUT2D eigenvalue weighted by molar-refractivity contribution is 6.04. The Hall–Kier alpha value is -1.91. The number of nitrogens with zero attached hydrogens (tertiary/aromatic N) is 1. The normalized spacial score (nSPS) is 11.3. The molecule has 0 aliphatic heterocycles. The van der Waals surface area contributed by atoms with Crippen molar-refractivity contribution in [1.29, 1.82) is 0 Å². The number of hydrogen-bond donors (Lipinski definition) is 2. The number of rotatable bonds is 3. The first kappa shape index (κ1) is 11.2. The van der Waals surface area contributed by atoms with Crippen LogP contribution in [0.5, 0.6) is 11.5 Å². The fourth-order valence-electron chi connectivity index (χ4n) is 1.32. The van der Waals surface area contributed by atoms with E-state index in [4.69, 9.17) is 20.4 Å². The van der Waals surface area contributed by atoms with Crippen LogP contribution in [0.2, 0.25) is 0 Å². The second-order valence-electron chi connectivity index (χ2n) is 2.95. The Kier molecular flexibility index (Phi) is 3.38. The molecule has 82 valence electrons. The van der Waals surface area contributed by atoms with Gasteiger partial charge in [0.15, 0.2) is 11.5 Å². The van der Waals surface area contributed by atoms with E-state index in [-0.39, 0.29) is 0 Å². The average molecular weight is 210 g/mol. The molecular formula is C10H14N2O3. The summed E-state index contributed by atoms with van der Waals surface area (Å²) in [5.74, 6) is 0.988. The standard InChI is InChI=1S/C10H14N2O3/c1-6(12-13)7-4-5-8(14-2)10(15-3)9(7)11/h4-5,13H,11H2,1-3H3/b12-6+. The molecule has 0 spiro atoms. The third-order valence-electron chi connectivity index (χ3n) is 2.12. The highest BCUT2D eigenvalue weighted by Crippen LogP contribution is 2.35. The largest absolute Gasteiger partial charge is 0.493 e. The Bertz CT molecular complexity index is 388. The molecule has 0 saturated heterocycles. The van der Waals surface area contributed by atoms with Crippen molar-refractivity contribution in [2.24, 2.45) is 5.16 Å². The summed E-state index contributed by atoms with van der Waals surface area (Å²) in [6.07, 6.45) is 0. The van der Waals surface area contributed by atoms with Gasteiger partial charge in [-0.05, 0) is 19.1 Å². The molecule has 0 fully saturated rings. The Morgan fingerprint density at radius 3 is 2.47 bits per heavy atom. The smallest absolute Gasteiger partial charge is 0.184 e. The maximum atomic E-state index is 8.66. The van der Waals surface area contributed by atoms with Crippen molar-refractivity contribution in [2.45, 2.75) is 6.92 Å². The topological polar surface area (TPSA) is 77.1 Å². The van der Waals surface area contributed by atoms with Crippen LogP contribution in [0.3, 0.4) is 0 Å². The summed E-state index contributed by atoms with van der Waals surface area (Å²) in [5, 5.41) is 11.8. The van der Waals surface area contributed by atoms with E-state index in [0.29, 0.717) is 28.5 Å². The van der Waals surface area contributed by atoms with Gasteiger partial charge in [0.2, 0.25) is 0 Å². The number of hydrogen-bond acceptors (Lipinski definition) is 5. The highest BCUT2D eigenvalue weighted by Gasteiger charge is 2.13. The highest BCUT2D eigenvalue weighted by atomic mass is 16.5. The molecule has 0 heterocycles. The summed E-state index contributed by atoms with van der Waals surface area (Å²) < 4.78 is 10.2. The predicted octanol–water partition coefficient (Wildman–Crippen LogP) is 1.48. The minimum absolute atomic E-state index is 0.396. The molecule has 1 rings (SSSR count). The van der Waals surface area contributed by atoms with Crippen LogP contribution in [0.25, 0.3) is 0 Å². The minimum Gasteiger partial charge on any atom is -0.493 e.